The number of hydrogen-bond donors (Lipinski definition) is 1. The maximum atomic E-state index is 6.35. The first kappa shape index (κ1) is 16.6. The smallest absolute Gasteiger partial charge is 0.138 e. The zero-order valence-corrected chi connectivity index (χ0v) is 16.1. The van der Waals surface area contributed by atoms with Crippen LogP contribution in [0.2, 0.25) is 10.0 Å². The van der Waals surface area contributed by atoms with Crippen LogP contribution < -0.4 is 10.1 Å². The minimum atomic E-state index is -0.0292. The molecule has 7 heteroatoms. The molecule has 0 bridgehead atoms. The molecule has 0 saturated heterocycles. The molecule has 0 spiro atoms. The Morgan fingerprint density at radius 3 is 2.40 bits per heavy atom. The summed E-state index contributed by atoms with van der Waals surface area (Å²) < 4.78 is 7.24. The van der Waals surface area contributed by atoms with Crippen molar-refractivity contribution in [2.45, 2.75) is 6.04 Å². The van der Waals surface area contributed by atoms with Crippen LogP contribution in [0.5, 0.6) is 5.75 Å². The molecule has 2 aromatic rings. The molecular weight excluding hydrogens is 449 g/mol. The number of benzene rings is 1. The Bertz CT molecular complexity index is 614. The molecule has 0 radical (unpaired) electrons. The summed E-state index contributed by atoms with van der Waals surface area (Å²) in [6.45, 7) is 0. The summed E-state index contributed by atoms with van der Waals surface area (Å²) in [5.41, 5.74) is 0.918. The second-order valence-electron chi connectivity index (χ2n) is 4.00. The van der Waals surface area contributed by atoms with Gasteiger partial charge in [-0.05, 0) is 56.6 Å². The van der Waals surface area contributed by atoms with Crippen molar-refractivity contribution >= 4 is 66.4 Å². The van der Waals surface area contributed by atoms with Gasteiger partial charge in [-0.15, -0.1) is 11.3 Å². The SMILES string of the molecule is CNC(c1cc(Br)c(Br)s1)c1cc(Cl)c(OC)cc1Cl. The Balaban J connectivity index is 2.49. The lowest BCUT2D eigenvalue weighted by Crippen LogP contribution is -2.17. The van der Waals surface area contributed by atoms with E-state index < -0.39 is 0 Å². The van der Waals surface area contributed by atoms with Gasteiger partial charge < -0.3 is 10.1 Å². The summed E-state index contributed by atoms with van der Waals surface area (Å²) in [5, 5.41) is 4.43. The third-order valence-electron chi connectivity index (χ3n) is 2.82. The van der Waals surface area contributed by atoms with Crippen LogP contribution in [0, 0.1) is 0 Å². The van der Waals surface area contributed by atoms with E-state index >= 15 is 0 Å². The summed E-state index contributed by atoms with van der Waals surface area (Å²) in [6, 6.07) is 5.61. The molecule has 20 heavy (non-hydrogen) atoms. The quantitative estimate of drug-likeness (QED) is 0.614. The van der Waals surface area contributed by atoms with E-state index in [0.717, 1.165) is 18.7 Å². The molecule has 0 saturated carbocycles. The lowest BCUT2D eigenvalue weighted by molar-refractivity contribution is 0.415. The van der Waals surface area contributed by atoms with Crippen molar-refractivity contribution in [1.82, 2.24) is 5.32 Å². The zero-order chi connectivity index (χ0) is 14.9. The Morgan fingerprint density at radius 2 is 1.90 bits per heavy atom. The number of hydrogen-bond acceptors (Lipinski definition) is 3. The standard InChI is InChI=1S/C13H11Br2Cl2NOS/c1-18-12(11-4-7(14)13(15)20-11)6-3-9(17)10(19-2)5-8(6)16/h3-5,12,18H,1-2H3. The molecule has 2 nitrogen and oxygen atoms in total. The maximum Gasteiger partial charge on any atom is 0.138 e. The molecule has 1 heterocycles. The summed E-state index contributed by atoms with van der Waals surface area (Å²) >= 11 is 21.2. The molecule has 108 valence electrons. The summed E-state index contributed by atoms with van der Waals surface area (Å²) in [4.78, 5) is 1.13. The van der Waals surface area contributed by atoms with Crippen LogP contribution in [-0.4, -0.2) is 14.2 Å². The lowest BCUT2D eigenvalue weighted by atomic mass is 10.1. The lowest BCUT2D eigenvalue weighted by Gasteiger charge is -2.18. The van der Waals surface area contributed by atoms with E-state index in [0.29, 0.717) is 15.8 Å². The van der Waals surface area contributed by atoms with Gasteiger partial charge in [0.2, 0.25) is 0 Å². The predicted molar refractivity (Wildman–Crippen MR) is 93.6 cm³/mol. The number of ether oxygens (including phenoxy) is 1. The fourth-order valence-electron chi connectivity index (χ4n) is 1.88. The van der Waals surface area contributed by atoms with Crippen molar-refractivity contribution in [3.8, 4) is 5.75 Å². The molecule has 2 rings (SSSR count). The Hall–Kier alpha value is 0.220. The maximum absolute atomic E-state index is 6.35. The number of thiophene rings is 1. The van der Waals surface area contributed by atoms with Crippen molar-refractivity contribution < 1.29 is 4.74 Å². The number of methoxy groups -OCH3 is 1. The molecule has 1 unspecified atom stereocenters. The van der Waals surface area contributed by atoms with E-state index in [2.05, 4.69) is 43.2 Å². The van der Waals surface area contributed by atoms with E-state index in [1.165, 1.54) is 0 Å². The first-order valence-electron chi connectivity index (χ1n) is 5.62. The molecule has 0 aliphatic carbocycles. The number of halogens is 4. The highest BCUT2D eigenvalue weighted by molar-refractivity contribution is 9.13. The van der Waals surface area contributed by atoms with Crippen molar-refractivity contribution in [3.63, 3.8) is 0 Å². The zero-order valence-electron chi connectivity index (χ0n) is 10.6. The first-order valence-corrected chi connectivity index (χ1v) is 8.78. The molecule has 1 aromatic carbocycles. The molecule has 1 aromatic heterocycles. The van der Waals surface area contributed by atoms with E-state index in [9.17, 15) is 0 Å². The fourth-order valence-corrected chi connectivity index (χ4v) is 4.61. The van der Waals surface area contributed by atoms with Gasteiger partial charge >= 0.3 is 0 Å². The van der Waals surface area contributed by atoms with Crippen LogP contribution >= 0.6 is 66.4 Å². The van der Waals surface area contributed by atoms with Crippen molar-refractivity contribution in [1.29, 1.82) is 0 Å². The van der Waals surface area contributed by atoms with Crippen LogP contribution in [0.4, 0.5) is 0 Å². The van der Waals surface area contributed by atoms with Crippen LogP contribution in [0.3, 0.4) is 0 Å². The van der Waals surface area contributed by atoms with Crippen LogP contribution in [0.25, 0.3) is 0 Å². The van der Waals surface area contributed by atoms with E-state index in [1.807, 2.05) is 13.1 Å². The van der Waals surface area contributed by atoms with Crippen molar-refractivity contribution in [2.75, 3.05) is 14.2 Å². The van der Waals surface area contributed by atoms with Gasteiger partial charge in [-0.25, -0.2) is 0 Å². The fraction of sp³-hybridized carbons (Fsp3) is 0.231. The summed E-state index contributed by atoms with van der Waals surface area (Å²) in [7, 11) is 3.46. The van der Waals surface area contributed by atoms with E-state index in [4.69, 9.17) is 27.9 Å². The highest BCUT2D eigenvalue weighted by Crippen LogP contribution is 2.41. The topological polar surface area (TPSA) is 21.3 Å². The van der Waals surface area contributed by atoms with Crippen LogP contribution in [0.15, 0.2) is 26.5 Å². The van der Waals surface area contributed by atoms with E-state index in [1.54, 1.807) is 24.5 Å². The Kier molecular flexibility index (Phi) is 5.79. The first-order chi connectivity index (χ1) is 9.47. The predicted octanol–water partition coefficient (Wildman–Crippen LogP) is 5.90. The average molecular weight is 460 g/mol. The van der Waals surface area contributed by atoms with Gasteiger partial charge in [-0.1, -0.05) is 23.2 Å². The number of rotatable bonds is 4. The third-order valence-corrected chi connectivity index (χ3v) is 6.76. The molecule has 1 N–H and O–H groups in total. The second kappa shape index (κ2) is 6.99. The normalized spacial score (nSPS) is 12.5. The largest absolute Gasteiger partial charge is 0.495 e. The minimum absolute atomic E-state index is 0.0292. The van der Waals surface area contributed by atoms with Gasteiger partial charge in [0.05, 0.1) is 22.0 Å². The van der Waals surface area contributed by atoms with Gasteiger partial charge in [0.25, 0.3) is 0 Å². The average Bonchev–Trinajstić information content (AvgIpc) is 2.74. The van der Waals surface area contributed by atoms with Gasteiger partial charge in [-0.2, -0.15) is 0 Å². The van der Waals surface area contributed by atoms with Gasteiger partial charge in [0.1, 0.15) is 5.75 Å². The highest BCUT2D eigenvalue weighted by Gasteiger charge is 2.20. The third kappa shape index (κ3) is 3.34. The monoisotopic (exact) mass is 457 g/mol. The van der Waals surface area contributed by atoms with Crippen molar-refractivity contribution in [2.24, 2.45) is 0 Å². The molecular formula is C13H11Br2Cl2NOS. The highest BCUT2D eigenvalue weighted by atomic mass is 79.9. The molecule has 1 atom stereocenters. The Labute approximate surface area is 148 Å². The molecule has 0 fully saturated rings. The second-order valence-corrected chi connectivity index (χ2v) is 8.07. The molecule has 0 aliphatic rings. The Morgan fingerprint density at radius 1 is 1.20 bits per heavy atom. The summed E-state index contributed by atoms with van der Waals surface area (Å²) in [5.74, 6) is 0.573. The van der Waals surface area contributed by atoms with Crippen LogP contribution in [0.1, 0.15) is 16.5 Å². The van der Waals surface area contributed by atoms with E-state index in [-0.39, 0.29) is 6.04 Å². The van der Waals surface area contributed by atoms with Crippen molar-refractivity contribution in [3.05, 3.63) is 46.9 Å². The molecule has 0 aliphatic heterocycles. The minimum Gasteiger partial charge on any atom is -0.495 e. The summed E-state index contributed by atoms with van der Waals surface area (Å²) in [6.07, 6.45) is 0. The van der Waals surface area contributed by atoms with Gasteiger partial charge in [0.15, 0.2) is 0 Å². The van der Waals surface area contributed by atoms with Crippen LogP contribution in [-0.2, 0) is 0 Å². The molecule has 0 amide bonds. The number of nitrogens with one attached hydrogen (secondary N) is 1. The van der Waals surface area contributed by atoms with Gasteiger partial charge in [-0.3, -0.25) is 0 Å². The van der Waals surface area contributed by atoms with Gasteiger partial charge in [0, 0.05) is 20.4 Å².